The molecule has 0 bridgehead atoms. The Labute approximate surface area is 395 Å². The van der Waals surface area contributed by atoms with E-state index in [0.29, 0.717) is 37.5 Å². The predicted octanol–water partition coefficient (Wildman–Crippen LogP) is -0.200. The zero-order chi connectivity index (χ0) is 50.4. The molecule has 2 aliphatic heterocycles. The van der Waals surface area contributed by atoms with Gasteiger partial charge >= 0.3 is 18.2 Å². The highest BCUT2D eigenvalue weighted by Gasteiger charge is 2.62. The number of fused-ring (bicyclic) bond motifs is 1. The van der Waals surface area contributed by atoms with E-state index in [-0.39, 0.29) is 45.1 Å². The molecule has 388 valence electrons. The van der Waals surface area contributed by atoms with Gasteiger partial charge in [-0.15, -0.1) is 11.8 Å². The number of carbonyl (C=O) groups excluding carboxylic acids is 4. The summed E-state index contributed by atoms with van der Waals surface area (Å²) >= 11 is 1.40. The fourth-order valence-corrected chi connectivity index (χ4v) is 8.25. The molecular weight excluding hydrogens is 909 g/mol. The van der Waals surface area contributed by atoms with Crippen LogP contribution in [0, 0.1) is 5.92 Å². The zero-order valence-electron chi connectivity index (χ0n) is 39.9. The van der Waals surface area contributed by atoms with Crippen molar-refractivity contribution in [1.29, 1.82) is 0 Å². The Kier molecular flexibility index (Phi) is 22.2. The Hall–Kier alpha value is -3.18. The summed E-state index contributed by atoms with van der Waals surface area (Å²) in [4.78, 5) is 74.6. The Balaban J connectivity index is 1.59. The molecule has 0 radical (unpaired) electrons. The van der Waals surface area contributed by atoms with Gasteiger partial charge in [0.25, 0.3) is 5.79 Å². The van der Waals surface area contributed by atoms with Crippen molar-refractivity contribution in [3.05, 3.63) is 0 Å². The summed E-state index contributed by atoms with van der Waals surface area (Å²) in [6, 6.07) is -2.78. The van der Waals surface area contributed by atoms with Crippen LogP contribution in [-0.4, -0.2) is 177 Å². The topological polar surface area (TPSA) is 360 Å². The van der Waals surface area contributed by atoms with Crippen LogP contribution in [-0.2, 0) is 52.5 Å². The second-order valence-electron chi connectivity index (χ2n) is 19.6. The number of thioether (sulfide) groups is 1. The van der Waals surface area contributed by atoms with Crippen LogP contribution in [0.25, 0.3) is 0 Å². The standard InChI is InChI=1S/C42H76N6O18S/c1-38(2,61-18-14-40(5,6)65-43)12-17-60-37(58)47-25(11-9-10-15-45-36(57)59-16-13-39(3,4)62-23-41(7,8)66-44)33(54)46-21-29(52)48-30-26(50)20-42(35(55)56,64-34-24-19-28(24)67-34)63-32(30)31(53)27(51)22-49/h24-28,30-32,34,49-51,53H,9-23,43-44H2,1-8H3,(H,45,57)(H,46,54)(H,47,58)(H,48,52)(H,55,56). The molecule has 0 aromatic rings. The number of carboxylic acids is 1. The van der Waals surface area contributed by atoms with E-state index in [1.54, 1.807) is 13.8 Å². The maximum Gasteiger partial charge on any atom is 0.407 e. The lowest BCUT2D eigenvalue weighted by Gasteiger charge is -2.48. The molecule has 2 heterocycles. The van der Waals surface area contributed by atoms with Gasteiger partial charge in [-0.25, -0.2) is 26.2 Å². The van der Waals surface area contributed by atoms with Crippen molar-refractivity contribution in [2.24, 2.45) is 17.7 Å². The zero-order valence-corrected chi connectivity index (χ0v) is 40.7. The van der Waals surface area contributed by atoms with Gasteiger partial charge in [-0.1, -0.05) is 0 Å². The van der Waals surface area contributed by atoms with Crippen LogP contribution >= 0.6 is 11.8 Å². The lowest BCUT2D eigenvalue weighted by Crippen LogP contribution is -2.69. The summed E-state index contributed by atoms with van der Waals surface area (Å²) in [6.45, 7) is 13.4. The lowest BCUT2D eigenvalue weighted by atomic mass is 9.88. The van der Waals surface area contributed by atoms with Crippen molar-refractivity contribution in [1.82, 2.24) is 21.3 Å². The number of hydrogen-bond donors (Lipinski definition) is 11. The molecule has 3 rings (SSSR count). The maximum atomic E-state index is 13.5. The number of aliphatic carboxylic acids is 1. The van der Waals surface area contributed by atoms with Gasteiger partial charge in [0.1, 0.15) is 35.4 Å². The number of rotatable bonds is 31. The summed E-state index contributed by atoms with van der Waals surface area (Å²) < 4.78 is 34.0. The van der Waals surface area contributed by atoms with Crippen LogP contribution < -0.4 is 33.1 Å². The molecule has 0 spiro atoms. The van der Waals surface area contributed by atoms with E-state index in [1.165, 1.54) is 11.8 Å². The molecule has 67 heavy (non-hydrogen) atoms. The first-order chi connectivity index (χ1) is 31.2. The summed E-state index contributed by atoms with van der Waals surface area (Å²) in [5.41, 5.74) is -3.19. The van der Waals surface area contributed by atoms with Crippen molar-refractivity contribution in [3.8, 4) is 0 Å². The quantitative estimate of drug-likeness (QED) is 0.0316. The highest BCUT2D eigenvalue weighted by atomic mass is 32.2. The first-order valence-corrected chi connectivity index (χ1v) is 23.5. The fourth-order valence-electron chi connectivity index (χ4n) is 6.79. The first kappa shape index (κ1) is 58.1. The highest BCUT2D eigenvalue weighted by molar-refractivity contribution is 8.02. The molecular formula is C42H76N6O18S. The minimum absolute atomic E-state index is 0.0297. The number of carboxylic acid groups (broad SMARTS) is 1. The first-order valence-electron chi connectivity index (χ1n) is 22.5. The number of aliphatic hydroxyl groups excluding tert-OH is 4. The van der Waals surface area contributed by atoms with Crippen LogP contribution in [0.3, 0.4) is 0 Å². The highest BCUT2D eigenvalue weighted by Crippen LogP contribution is 2.61. The molecule has 10 atom stereocenters. The van der Waals surface area contributed by atoms with Crippen molar-refractivity contribution in [2.75, 3.05) is 46.1 Å². The Morgan fingerprint density at radius 2 is 1.45 bits per heavy atom. The van der Waals surface area contributed by atoms with Gasteiger partial charge in [0.05, 0.1) is 68.5 Å². The van der Waals surface area contributed by atoms with E-state index in [9.17, 15) is 49.5 Å². The molecule has 25 heteroatoms. The number of ether oxygens (including phenoxy) is 6. The smallest absolute Gasteiger partial charge is 0.407 e. The third kappa shape index (κ3) is 19.3. The molecule has 1 aliphatic carbocycles. The molecule has 0 aromatic heterocycles. The molecule has 10 unspecified atom stereocenters. The summed E-state index contributed by atoms with van der Waals surface area (Å²) in [5.74, 6) is 4.94. The minimum Gasteiger partial charge on any atom is -0.477 e. The molecule has 0 aromatic carbocycles. The lowest BCUT2D eigenvalue weighted by molar-refractivity contribution is -0.316. The van der Waals surface area contributed by atoms with E-state index < -0.39 is 120 Å². The normalized spacial score (nSPS) is 25.3. The molecule has 3 fully saturated rings. The van der Waals surface area contributed by atoms with Gasteiger partial charge in [-0.05, 0) is 81.1 Å². The van der Waals surface area contributed by atoms with Crippen molar-refractivity contribution in [2.45, 2.75) is 182 Å². The average Bonchev–Trinajstić information content (AvgIpc) is 3.93. The average molecular weight is 985 g/mol. The van der Waals surface area contributed by atoms with Crippen LogP contribution in [0.4, 0.5) is 9.59 Å². The minimum atomic E-state index is -2.45. The van der Waals surface area contributed by atoms with Gasteiger partial charge in [0.15, 0.2) is 0 Å². The molecule has 1 saturated carbocycles. The fraction of sp³-hybridized carbons (Fsp3) is 0.881. The monoisotopic (exact) mass is 984 g/mol. The molecule has 4 amide bonds. The largest absolute Gasteiger partial charge is 0.477 e. The Bertz CT molecular complexity index is 1630. The Morgan fingerprint density at radius 1 is 0.836 bits per heavy atom. The van der Waals surface area contributed by atoms with Crippen LogP contribution in [0.1, 0.15) is 107 Å². The predicted molar refractivity (Wildman–Crippen MR) is 238 cm³/mol. The van der Waals surface area contributed by atoms with Crippen molar-refractivity contribution in [3.63, 3.8) is 0 Å². The molecule has 2 saturated heterocycles. The van der Waals surface area contributed by atoms with Gasteiger partial charge < -0.3 is 75.2 Å². The SMILES string of the molecule is CC(C)(CCOC(C)(C)CCOC(=O)NC(CCCCNC(=O)OCCC(C)(C)OCC(C)(C)ON)C(=O)NCC(=O)NC1C(O)CC(OC2SC3CC32)(C(=O)O)OC1C(O)C(O)CO)ON. The number of carbonyl (C=O) groups is 5. The molecule has 13 N–H and O–H groups in total. The number of alkyl carbamates (subject to hydrolysis) is 2. The van der Waals surface area contributed by atoms with E-state index in [2.05, 4.69) is 21.3 Å². The van der Waals surface area contributed by atoms with Crippen molar-refractivity contribution >= 4 is 41.7 Å². The van der Waals surface area contributed by atoms with E-state index in [4.69, 9.17) is 49.9 Å². The summed E-state index contributed by atoms with van der Waals surface area (Å²) in [7, 11) is 0. The molecule has 24 nitrogen and oxygen atoms in total. The number of hydrogen-bond acceptors (Lipinski definition) is 20. The number of nitrogens with one attached hydrogen (secondary N) is 4. The van der Waals surface area contributed by atoms with Gasteiger partial charge in [-0.3, -0.25) is 19.3 Å². The van der Waals surface area contributed by atoms with Crippen LogP contribution in [0.5, 0.6) is 0 Å². The number of amides is 4. The number of aliphatic hydroxyl groups is 4. The number of unbranched alkanes of at least 4 members (excludes halogenated alkanes) is 1. The number of nitrogens with two attached hydrogens (primary N) is 2. The second kappa shape index (κ2) is 25.6. The van der Waals surface area contributed by atoms with Crippen LogP contribution in [0.15, 0.2) is 0 Å². The second-order valence-corrected chi connectivity index (χ2v) is 20.9. The van der Waals surface area contributed by atoms with E-state index >= 15 is 0 Å². The maximum absolute atomic E-state index is 13.5. The third-order valence-corrected chi connectivity index (χ3v) is 13.2. The van der Waals surface area contributed by atoms with Crippen molar-refractivity contribution < 1.29 is 87.6 Å². The van der Waals surface area contributed by atoms with Gasteiger partial charge in [-0.2, -0.15) is 0 Å². The Morgan fingerprint density at radius 3 is 2.01 bits per heavy atom. The summed E-state index contributed by atoms with van der Waals surface area (Å²) in [5, 5.41) is 62.5. The van der Waals surface area contributed by atoms with Gasteiger partial charge in [0, 0.05) is 43.4 Å². The molecule has 3 aliphatic rings. The van der Waals surface area contributed by atoms with Gasteiger partial charge in [0.2, 0.25) is 11.8 Å². The van der Waals surface area contributed by atoms with E-state index in [0.717, 1.165) is 6.42 Å². The third-order valence-electron chi connectivity index (χ3n) is 11.6. The summed E-state index contributed by atoms with van der Waals surface area (Å²) in [6.07, 6.45) is -6.98. The van der Waals surface area contributed by atoms with Crippen LogP contribution in [0.2, 0.25) is 0 Å². The van der Waals surface area contributed by atoms with E-state index in [1.807, 2.05) is 41.5 Å².